The Morgan fingerprint density at radius 2 is 2.19 bits per heavy atom. The second-order valence-electron chi connectivity index (χ2n) is 4.77. The summed E-state index contributed by atoms with van der Waals surface area (Å²) in [5, 5.41) is 2.84. The smallest absolute Gasteiger partial charge is 0.248 e. The summed E-state index contributed by atoms with van der Waals surface area (Å²) in [5.74, 6) is -3.33. The van der Waals surface area contributed by atoms with Gasteiger partial charge in [-0.15, -0.1) is 0 Å². The number of amides is 1. The molecule has 0 unspecified atom stereocenters. The zero-order valence-corrected chi connectivity index (χ0v) is 9.22. The lowest BCUT2D eigenvalue weighted by Crippen LogP contribution is -2.38. The van der Waals surface area contributed by atoms with Crippen molar-refractivity contribution in [3.8, 4) is 0 Å². The number of hydrogen-bond donors (Lipinski definition) is 1. The third kappa shape index (κ3) is 2.80. The Balaban J connectivity index is 1.84. The second kappa shape index (κ2) is 4.52. The molecule has 90 valence electrons. The van der Waals surface area contributed by atoms with Crippen molar-refractivity contribution >= 4 is 5.91 Å². The number of rotatable bonds is 2. The van der Waals surface area contributed by atoms with Gasteiger partial charge in [0.1, 0.15) is 0 Å². The van der Waals surface area contributed by atoms with Crippen LogP contribution in [0, 0.1) is 5.92 Å². The zero-order chi connectivity index (χ0) is 11.6. The summed E-state index contributed by atoms with van der Waals surface area (Å²) < 4.78 is 25.9. The number of alkyl halides is 2. The molecule has 0 saturated heterocycles. The van der Waals surface area contributed by atoms with E-state index in [1.165, 1.54) is 0 Å². The standard InChI is InChI=1S/C12H17F2NO/c13-12(14)7-6-9(8-12)11(16)15-10-4-2-1-3-5-10/h2,4,9-10H,1,3,5-8H2,(H,15,16)/t9-,10-/m0/s1. The van der Waals surface area contributed by atoms with Crippen molar-refractivity contribution in [2.75, 3.05) is 0 Å². The van der Waals surface area contributed by atoms with Gasteiger partial charge in [-0.3, -0.25) is 4.79 Å². The predicted molar refractivity (Wildman–Crippen MR) is 57.2 cm³/mol. The van der Waals surface area contributed by atoms with Gasteiger partial charge in [-0.1, -0.05) is 12.2 Å². The number of halogens is 2. The Hall–Kier alpha value is -0.930. The van der Waals surface area contributed by atoms with E-state index < -0.39 is 11.8 Å². The Morgan fingerprint density at radius 3 is 2.75 bits per heavy atom. The molecule has 2 atom stereocenters. The van der Waals surface area contributed by atoms with E-state index in [9.17, 15) is 13.6 Å². The molecule has 0 aromatic carbocycles. The molecule has 1 fully saturated rings. The summed E-state index contributed by atoms with van der Waals surface area (Å²) >= 11 is 0. The molecule has 1 saturated carbocycles. The Kier molecular flexibility index (Phi) is 3.26. The molecule has 2 rings (SSSR count). The summed E-state index contributed by atoms with van der Waals surface area (Å²) in [4.78, 5) is 11.7. The summed E-state index contributed by atoms with van der Waals surface area (Å²) in [5.41, 5.74) is 0. The fourth-order valence-corrected chi connectivity index (χ4v) is 2.41. The van der Waals surface area contributed by atoms with Crippen LogP contribution in [-0.4, -0.2) is 17.9 Å². The SMILES string of the molecule is O=C(N[C@H]1C=CCCC1)[C@H]1CCC(F)(F)C1. The third-order valence-corrected chi connectivity index (χ3v) is 3.36. The molecule has 0 aliphatic heterocycles. The number of carbonyl (C=O) groups excluding carboxylic acids is 1. The normalized spacial score (nSPS) is 32.6. The lowest BCUT2D eigenvalue weighted by molar-refractivity contribution is -0.126. The van der Waals surface area contributed by atoms with Crippen molar-refractivity contribution in [3.05, 3.63) is 12.2 Å². The molecule has 0 aromatic heterocycles. The van der Waals surface area contributed by atoms with Crippen LogP contribution in [0.2, 0.25) is 0 Å². The Bertz CT molecular complexity index is 301. The van der Waals surface area contributed by atoms with Gasteiger partial charge in [0.05, 0.1) is 0 Å². The van der Waals surface area contributed by atoms with Gasteiger partial charge in [-0.05, 0) is 25.7 Å². The topological polar surface area (TPSA) is 29.1 Å². The summed E-state index contributed by atoms with van der Waals surface area (Å²) in [6.45, 7) is 0. The highest BCUT2D eigenvalue weighted by Gasteiger charge is 2.42. The molecule has 0 heterocycles. The quantitative estimate of drug-likeness (QED) is 0.725. The zero-order valence-electron chi connectivity index (χ0n) is 9.22. The van der Waals surface area contributed by atoms with Crippen molar-refractivity contribution in [1.82, 2.24) is 5.32 Å². The maximum absolute atomic E-state index is 12.9. The van der Waals surface area contributed by atoms with Gasteiger partial charge >= 0.3 is 0 Å². The molecule has 4 heteroatoms. The van der Waals surface area contributed by atoms with Gasteiger partial charge in [0, 0.05) is 24.8 Å². The molecule has 16 heavy (non-hydrogen) atoms. The van der Waals surface area contributed by atoms with E-state index in [1.54, 1.807) is 0 Å². The first kappa shape index (κ1) is 11.6. The molecule has 1 amide bonds. The molecule has 0 aromatic rings. The van der Waals surface area contributed by atoms with Gasteiger partial charge in [0.25, 0.3) is 0 Å². The van der Waals surface area contributed by atoms with Gasteiger partial charge in [-0.2, -0.15) is 0 Å². The van der Waals surface area contributed by atoms with Gasteiger partial charge in [-0.25, -0.2) is 8.78 Å². The average molecular weight is 229 g/mol. The monoisotopic (exact) mass is 229 g/mol. The van der Waals surface area contributed by atoms with Gasteiger partial charge in [0.15, 0.2) is 0 Å². The van der Waals surface area contributed by atoms with Crippen LogP contribution in [0.4, 0.5) is 8.78 Å². The van der Waals surface area contributed by atoms with Gasteiger partial charge < -0.3 is 5.32 Å². The minimum atomic E-state index is -2.63. The van der Waals surface area contributed by atoms with Crippen LogP contribution in [0.1, 0.15) is 38.5 Å². The van der Waals surface area contributed by atoms with Crippen LogP contribution in [0.5, 0.6) is 0 Å². The third-order valence-electron chi connectivity index (χ3n) is 3.36. The molecular weight excluding hydrogens is 212 g/mol. The van der Waals surface area contributed by atoms with E-state index in [2.05, 4.69) is 5.32 Å². The number of allylic oxidation sites excluding steroid dienone is 1. The van der Waals surface area contributed by atoms with E-state index in [4.69, 9.17) is 0 Å². The molecule has 2 aliphatic carbocycles. The number of carbonyl (C=O) groups is 1. The van der Waals surface area contributed by atoms with E-state index in [-0.39, 0.29) is 24.8 Å². The van der Waals surface area contributed by atoms with Crippen LogP contribution in [0.15, 0.2) is 12.2 Å². The highest BCUT2D eigenvalue weighted by Crippen LogP contribution is 2.38. The maximum Gasteiger partial charge on any atom is 0.248 e. The van der Waals surface area contributed by atoms with E-state index in [0.29, 0.717) is 6.42 Å². The molecular formula is C12H17F2NO. The highest BCUT2D eigenvalue weighted by molar-refractivity contribution is 5.79. The predicted octanol–water partition coefficient (Wildman–Crippen LogP) is 2.65. The second-order valence-corrected chi connectivity index (χ2v) is 4.77. The lowest BCUT2D eigenvalue weighted by atomic mass is 10.0. The van der Waals surface area contributed by atoms with Crippen LogP contribution in [0.25, 0.3) is 0 Å². The summed E-state index contributed by atoms with van der Waals surface area (Å²) in [7, 11) is 0. The maximum atomic E-state index is 12.9. The first-order valence-corrected chi connectivity index (χ1v) is 5.92. The van der Waals surface area contributed by atoms with E-state index in [1.807, 2.05) is 12.2 Å². The number of nitrogens with one attached hydrogen (secondary N) is 1. The van der Waals surface area contributed by atoms with E-state index >= 15 is 0 Å². The molecule has 1 N–H and O–H groups in total. The molecule has 0 bridgehead atoms. The van der Waals surface area contributed by atoms with Crippen LogP contribution in [-0.2, 0) is 4.79 Å². The fraction of sp³-hybridized carbons (Fsp3) is 0.750. The fourth-order valence-electron chi connectivity index (χ4n) is 2.41. The van der Waals surface area contributed by atoms with Crippen LogP contribution >= 0.6 is 0 Å². The first-order chi connectivity index (χ1) is 7.57. The van der Waals surface area contributed by atoms with Crippen LogP contribution < -0.4 is 5.32 Å². The van der Waals surface area contributed by atoms with Crippen molar-refractivity contribution in [3.63, 3.8) is 0 Å². The van der Waals surface area contributed by atoms with Gasteiger partial charge in [0.2, 0.25) is 11.8 Å². The highest BCUT2D eigenvalue weighted by atomic mass is 19.3. The van der Waals surface area contributed by atoms with Crippen molar-refractivity contribution in [2.45, 2.75) is 50.5 Å². The van der Waals surface area contributed by atoms with Crippen molar-refractivity contribution in [1.29, 1.82) is 0 Å². The Morgan fingerprint density at radius 1 is 1.38 bits per heavy atom. The van der Waals surface area contributed by atoms with Crippen molar-refractivity contribution < 1.29 is 13.6 Å². The molecule has 0 spiro atoms. The largest absolute Gasteiger partial charge is 0.350 e. The molecule has 2 nitrogen and oxygen atoms in total. The average Bonchev–Trinajstić information content (AvgIpc) is 2.60. The lowest BCUT2D eigenvalue weighted by Gasteiger charge is -2.20. The minimum Gasteiger partial charge on any atom is -0.350 e. The van der Waals surface area contributed by atoms with E-state index in [0.717, 1.165) is 19.3 Å². The van der Waals surface area contributed by atoms with Crippen molar-refractivity contribution in [2.24, 2.45) is 5.92 Å². The Labute approximate surface area is 94.1 Å². The summed E-state index contributed by atoms with van der Waals surface area (Å²) in [6.07, 6.45) is 6.92. The molecule has 2 aliphatic rings. The molecule has 0 radical (unpaired) electrons. The summed E-state index contributed by atoms with van der Waals surface area (Å²) in [6, 6.07) is 0.0514. The van der Waals surface area contributed by atoms with Crippen LogP contribution in [0.3, 0.4) is 0 Å². The number of hydrogen-bond acceptors (Lipinski definition) is 1. The first-order valence-electron chi connectivity index (χ1n) is 5.92. The minimum absolute atomic E-state index is 0.0514.